The highest BCUT2D eigenvalue weighted by atomic mass is 127. The van der Waals surface area contributed by atoms with Gasteiger partial charge in [0.1, 0.15) is 12.1 Å². The van der Waals surface area contributed by atoms with Crippen LogP contribution in [0, 0.1) is 0 Å². The Morgan fingerprint density at radius 3 is 1.28 bits per heavy atom. The van der Waals surface area contributed by atoms with Gasteiger partial charge in [0.05, 0.1) is 110 Å². The Balaban J connectivity index is 0.00000490. The maximum absolute atomic E-state index is 13.3. The van der Waals surface area contributed by atoms with E-state index in [1.54, 1.807) is 56.9 Å². The molecule has 0 fully saturated rings. The van der Waals surface area contributed by atoms with Gasteiger partial charge in [0.2, 0.25) is 0 Å². The van der Waals surface area contributed by atoms with E-state index < -0.39 is 0 Å². The summed E-state index contributed by atoms with van der Waals surface area (Å²) in [5.74, 6) is 5.74. The molecule has 0 amide bonds. The first-order chi connectivity index (χ1) is 31.5. The number of esters is 1. The van der Waals surface area contributed by atoms with E-state index in [0.717, 1.165) is 123 Å². The van der Waals surface area contributed by atoms with E-state index in [1.807, 2.05) is 12.1 Å². The molecule has 0 spiro atoms. The van der Waals surface area contributed by atoms with E-state index >= 15 is 0 Å². The van der Waals surface area contributed by atoms with Crippen LogP contribution in [-0.4, -0.2) is 119 Å². The topological polar surface area (TPSA) is 100 Å². The third-order valence-electron chi connectivity index (χ3n) is 14.2. The van der Waals surface area contributed by atoms with Crippen molar-refractivity contribution in [1.82, 2.24) is 0 Å². The molecular formula is C53H74I2N2O10. The number of rotatable bonds is 24. The van der Waals surface area contributed by atoms with Gasteiger partial charge in [0.25, 0.3) is 0 Å². The number of benzene rings is 4. The maximum Gasteiger partial charge on any atom is 0.311 e. The van der Waals surface area contributed by atoms with Crippen LogP contribution in [0.2, 0.25) is 0 Å². The average Bonchev–Trinajstić information content (AvgIpc) is 3.33. The SMILES string of the molecule is COc1ccc(C[C@@H]2c3cc(OC)c(OC)cc3CC[N+]2(C)CCCCCCCCOC(=O)CC[N+]2(C)CCc3cc(OC)c(OC)cc3[C@H]2Cc2ccc(OC)c(OC)c2)cc1OC.[I-].[I-]. The predicted octanol–water partition coefficient (Wildman–Crippen LogP) is 3.31. The van der Waals surface area contributed by atoms with Crippen LogP contribution in [0.5, 0.6) is 46.0 Å². The highest BCUT2D eigenvalue weighted by molar-refractivity contribution is 5.69. The molecule has 2 aliphatic heterocycles. The molecule has 0 saturated heterocycles. The van der Waals surface area contributed by atoms with Gasteiger partial charge in [-0.25, -0.2) is 0 Å². The molecule has 6 rings (SSSR count). The smallest absolute Gasteiger partial charge is 0.311 e. The Hall–Kier alpha value is -3.87. The van der Waals surface area contributed by atoms with Crippen molar-refractivity contribution in [2.24, 2.45) is 0 Å². The zero-order valence-electron chi connectivity index (χ0n) is 41.5. The predicted molar refractivity (Wildman–Crippen MR) is 254 cm³/mol. The van der Waals surface area contributed by atoms with Crippen molar-refractivity contribution in [3.63, 3.8) is 0 Å². The monoisotopic (exact) mass is 1150 g/mol. The zero-order chi connectivity index (χ0) is 46.6. The lowest BCUT2D eigenvalue weighted by Crippen LogP contribution is -3.00. The fraction of sp³-hybridized carbons (Fsp3) is 0.528. The fourth-order valence-corrected chi connectivity index (χ4v) is 10.2. The highest BCUT2D eigenvalue weighted by Gasteiger charge is 2.42. The molecule has 67 heavy (non-hydrogen) atoms. The third kappa shape index (κ3) is 13.5. The minimum Gasteiger partial charge on any atom is -1.00 e. The first-order valence-electron chi connectivity index (χ1n) is 23.2. The summed E-state index contributed by atoms with van der Waals surface area (Å²) in [6.07, 6.45) is 10.4. The molecular weight excluding hydrogens is 1080 g/mol. The lowest BCUT2D eigenvalue weighted by atomic mass is 9.86. The largest absolute Gasteiger partial charge is 1.00 e. The summed E-state index contributed by atoms with van der Waals surface area (Å²) in [6.45, 7) is 4.16. The summed E-state index contributed by atoms with van der Waals surface area (Å²) < 4.78 is 52.8. The van der Waals surface area contributed by atoms with Gasteiger partial charge >= 0.3 is 5.97 Å². The molecule has 2 unspecified atom stereocenters. The van der Waals surface area contributed by atoms with Crippen LogP contribution >= 0.6 is 0 Å². The quantitative estimate of drug-likeness (QED) is 0.0451. The summed E-state index contributed by atoms with van der Waals surface area (Å²) >= 11 is 0. The molecule has 0 aliphatic carbocycles. The fourth-order valence-electron chi connectivity index (χ4n) is 10.2. The van der Waals surface area contributed by atoms with Gasteiger partial charge in [-0.3, -0.25) is 4.79 Å². The van der Waals surface area contributed by atoms with Crippen molar-refractivity contribution < 1.29 is 104 Å². The molecule has 2 heterocycles. The van der Waals surface area contributed by atoms with Crippen molar-refractivity contribution in [3.8, 4) is 46.0 Å². The van der Waals surface area contributed by atoms with Crippen molar-refractivity contribution in [3.05, 3.63) is 94.0 Å². The number of methoxy groups -OCH3 is 8. The molecule has 4 aromatic carbocycles. The lowest BCUT2D eigenvalue weighted by molar-refractivity contribution is -0.941. The molecule has 2 aliphatic rings. The van der Waals surface area contributed by atoms with Gasteiger partial charge in [-0.15, -0.1) is 0 Å². The standard InChI is InChI=1S/C53H74N2O10.2HI/c1-54(25-21-39-33-49(61-7)51(63-9)35-41(39)43(54)29-37-17-19-45(57-3)47(31-37)59-5)24-15-13-11-12-14-16-28-65-53(56)23-27-55(2)26-22-40-34-50(62-8)52(64-10)36-42(40)44(55)30-38-18-20-46(58-4)48(32-38)60-6;;/h17-20,31-36,43-44H,11-16,21-30H2,1-10H3;2*1H/q+2;;/p-2/t43-,44-,54?,55?;;/m1../s1. The first kappa shape index (κ1) is 55.7. The van der Waals surface area contributed by atoms with Gasteiger partial charge in [0.15, 0.2) is 46.0 Å². The zero-order valence-corrected chi connectivity index (χ0v) is 45.8. The number of halogens is 2. The number of nitrogens with zero attached hydrogens (tertiary/aromatic N) is 2. The van der Waals surface area contributed by atoms with Gasteiger partial charge in [-0.1, -0.05) is 31.4 Å². The minimum absolute atomic E-state index is 0. The lowest BCUT2D eigenvalue weighted by Gasteiger charge is -2.46. The normalized spacial score (nSPS) is 19.3. The van der Waals surface area contributed by atoms with Gasteiger partial charge in [0, 0.05) is 36.8 Å². The van der Waals surface area contributed by atoms with Crippen LogP contribution in [0.1, 0.15) is 90.4 Å². The van der Waals surface area contributed by atoms with E-state index in [0.29, 0.717) is 41.3 Å². The maximum atomic E-state index is 13.3. The second-order valence-electron chi connectivity index (χ2n) is 18.1. The minimum atomic E-state index is -0.133. The summed E-state index contributed by atoms with van der Waals surface area (Å²) in [7, 11) is 18.1. The first-order valence-corrected chi connectivity index (χ1v) is 23.2. The van der Waals surface area contributed by atoms with Crippen LogP contribution in [0.15, 0.2) is 60.7 Å². The van der Waals surface area contributed by atoms with Crippen molar-refractivity contribution in [2.45, 2.75) is 82.7 Å². The van der Waals surface area contributed by atoms with Crippen LogP contribution < -0.4 is 85.8 Å². The molecule has 0 radical (unpaired) electrons. The Bertz CT molecular complexity index is 2220. The molecule has 0 saturated carbocycles. The Morgan fingerprint density at radius 2 is 0.851 bits per heavy atom. The van der Waals surface area contributed by atoms with Crippen LogP contribution in [0.4, 0.5) is 0 Å². The van der Waals surface area contributed by atoms with Crippen LogP contribution in [0.25, 0.3) is 0 Å². The van der Waals surface area contributed by atoms with Gasteiger partial charge < -0.3 is 99.6 Å². The number of quaternary nitrogens is 2. The Morgan fingerprint density at radius 1 is 0.478 bits per heavy atom. The van der Waals surface area contributed by atoms with E-state index in [4.69, 9.17) is 42.6 Å². The summed E-state index contributed by atoms with van der Waals surface area (Å²) in [5, 5.41) is 0. The number of unbranched alkanes of at least 4 members (excludes halogenated alkanes) is 5. The number of carbonyl (C=O) groups is 1. The molecule has 370 valence electrons. The molecule has 12 nitrogen and oxygen atoms in total. The molecule has 0 bridgehead atoms. The van der Waals surface area contributed by atoms with Gasteiger partial charge in [-0.05, 0) is 90.0 Å². The molecule has 0 N–H and O–H groups in total. The second-order valence-corrected chi connectivity index (χ2v) is 18.1. The van der Waals surface area contributed by atoms with Crippen molar-refractivity contribution in [2.75, 3.05) is 104 Å². The number of carbonyl (C=O) groups excluding carboxylic acids is 1. The van der Waals surface area contributed by atoms with E-state index in [1.165, 1.54) is 27.8 Å². The van der Waals surface area contributed by atoms with E-state index in [-0.39, 0.29) is 66.0 Å². The molecule has 14 heteroatoms. The molecule has 0 aromatic heterocycles. The number of hydrogen-bond acceptors (Lipinski definition) is 10. The Labute approximate surface area is 434 Å². The number of hydrogen-bond donors (Lipinski definition) is 0. The van der Waals surface area contributed by atoms with E-state index in [2.05, 4.69) is 62.6 Å². The number of ether oxygens (including phenoxy) is 9. The van der Waals surface area contributed by atoms with Crippen LogP contribution in [0.3, 0.4) is 0 Å². The van der Waals surface area contributed by atoms with Gasteiger partial charge in [-0.2, -0.15) is 0 Å². The number of fused-ring (bicyclic) bond motifs is 2. The van der Waals surface area contributed by atoms with Crippen molar-refractivity contribution >= 4 is 5.97 Å². The second kappa shape index (κ2) is 26.2. The summed E-state index contributed by atoms with van der Waals surface area (Å²) in [5.41, 5.74) is 7.47. The van der Waals surface area contributed by atoms with E-state index in [9.17, 15) is 4.79 Å². The van der Waals surface area contributed by atoms with Crippen LogP contribution in [-0.2, 0) is 35.2 Å². The summed E-state index contributed by atoms with van der Waals surface area (Å²) in [4.78, 5) is 13.3. The Kier molecular flexibility index (Phi) is 21.8. The molecule has 4 atom stereocenters. The average molecular weight is 1150 g/mol. The summed E-state index contributed by atoms with van der Waals surface area (Å²) in [6, 6.07) is 21.3. The number of likely N-dealkylation sites (N-methyl/N-ethyl adjacent to an activating group) is 2. The van der Waals surface area contributed by atoms with Crippen molar-refractivity contribution in [1.29, 1.82) is 0 Å². The molecule has 4 aromatic rings. The highest BCUT2D eigenvalue weighted by Crippen LogP contribution is 2.45. The third-order valence-corrected chi connectivity index (χ3v) is 14.2.